The molecule has 1 heterocycles. The molecule has 0 aliphatic carbocycles. The Morgan fingerprint density at radius 1 is 0.889 bits per heavy atom. The van der Waals surface area contributed by atoms with Gasteiger partial charge in [-0.15, -0.1) is 0 Å². The average Bonchev–Trinajstić information content (AvgIpc) is 2.44. The van der Waals surface area contributed by atoms with E-state index in [0.717, 1.165) is 22.0 Å². The first-order chi connectivity index (χ1) is 8.77. The van der Waals surface area contributed by atoms with Crippen molar-refractivity contribution >= 4 is 10.8 Å². The number of aromatic nitrogens is 1. The predicted molar refractivity (Wildman–Crippen MR) is 74.3 cm³/mol. The molecule has 0 amide bonds. The smallest absolute Gasteiger partial charge is 0.258 e. The molecule has 3 rings (SSSR count). The quantitative estimate of drug-likeness (QED) is 0.634. The summed E-state index contributed by atoms with van der Waals surface area (Å²) in [5.41, 5.74) is 1.73. The molecule has 0 fully saturated rings. The lowest BCUT2D eigenvalue weighted by Crippen LogP contribution is -2.20. The van der Waals surface area contributed by atoms with Crippen molar-refractivity contribution in [1.82, 2.24) is 4.57 Å². The number of pyridine rings is 1. The minimum absolute atomic E-state index is 0.0416. The van der Waals surface area contributed by atoms with Crippen LogP contribution in [0, 0.1) is 6.92 Å². The van der Waals surface area contributed by atoms with Crippen LogP contribution in [0.1, 0.15) is 5.56 Å². The van der Waals surface area contributed by atoms with Crippen molar-refractivity contribution in [3.8, 4) is 5.69 Å². The molecule has 88 valence electrons. The molecule has 0 N–H and O–H groups in total. The number of hydrogen-bond acceptors (Lipinski definition) is 1. The Hall–Kier alpha value is -2.35. The van der Waals surface area contributed by atoms with Gasteiger partial charge >= 0.3 is 0 Å². The van der Waals surface area contributed by atoms with Gasteiger partial charge in [-0.3, -0.25) is 9.36 Å². The van der Waals surface area contributed by atoms with Crippen LogP contribution in [0.25, 0.3) is 16.5 Å². The van der Waals surface area contributed by atoms with Gasteiger partial charge in [-0.25, -0.2) is 0 Å². The lowest BCUT2D eigenvalue weighted by molar-refractivity contribution is 0.987. The maximum atomic E-state index is 12.3. The molecule has 0 saturated heterocycles. The van der Waals surface area contributed by atoms with Crippen molar-refractivity contribution in [2.45, 2.75) is 6.92 Å². The minimum atomic E-state index is 0.0416. The molecule has 18 heavy (non-hydrogen) atoms. The van der Waals surface area contributed by atoms with Gasteiger partial charge in [0.15, 0.2) is 0 Å². The molecule has 1 aromatic heterocycles. The van der Waals surface area contributed by atoms with Gasteiger partial charge in [0.25, 0.3) is 5.56 Å². The zero-order valence-electron chi connectivity index (χ0n) is 10.1. The van der Waals surface area contributed by atoms with Gasteiger partial charge in [0, 0.05) is 17.4 Å². The molecule has 0 spiro atoms. The normalized spacial score (nSPS) is 10.7. The summed E-state index contributed by atoms with van der Waals surface area (Å²) in [5.74, 6) is 0. The highest BCUT2D eigenvalue weighted by molar-refractivity contribution is 5.84. The molecule has 0 bridgehead atoms. The van der Waals surface area contributed by atoms with Crippen molar-refractivity contribution in [2.24, 2.45) is 0 Å². The Labute approximate surface area is 105 Å². The molecule has 0 radical (unpaired) electrons. The molecular formula is C16H13NO. The monoisotopic (exact) mass is 235 g/mol. The predicted octanol–water partition coefficient (Wildman–Crippen LogP) is 3.30. The van der Waals surface area contributed by atoms with Gasteiger partial charge in [-0.2, -0.15) is 0 Å². The van der Waals surface area contributed by atoms with Gasteiger partial charge < -0.3 is 0 Å². The number of rotatable bonds is 1. The highest BCUT2D eigenvalue weighted by atomic mass is 16.1. The Morgan fingerprint density at radius 2 is 1.56 bits per heavy atom. The van der Waals surface area contributed by atoms with E-state index in [1.165, 1.54) is 0 Å². The number of fused-ring (bicyclic) bond motifs is 1. The second-order valence-corrected chi connectivity index (χ2v) is 4.35. The number of nitrogens with zero attached hydrogens (tertiary/aromatic N) is 1. The van der Waals surface area contributed by atoms with Crippen molar-refractivity contribution in [3.63, 3.8) is 0 Å². The van der Waals surface area contributed by atoms with Gasteiger partial charge in [0.1, 0.15) is 0 Å². The minimum Gasteiger partial charge on any atom is -0.283 e. The van der Waals surface area contributed by atoms with Crippen molar-refractivity contribution in [2.75, 3.05) is 0 Å². The number of benzene rings is 2. The summed E-state index contributed by atoms with van der Waals surface area (Å²) in [4.78, 5) is 12.3. The van der Waals surface area contributed by atoms with Crippen molar-refractivity contribution < 1.29 is 0 Å². The van der Waals surface area contributed by atoms with E-state index >= 15 is 0 Å². The van der Waals surface area contributed by atoms with Crippen LogP contribution < -0.4 is 5.56 Å². The maximum Gasteiger partial charge on any atom is 0.258 e. The maximum absolute atomic E-state index is 12.3. The summed E-state index contributed by atoms with van der Waals surface area (Å²) in [6.07, 6.45) is 1.90. The zero-order chi connectivity index (χ0) is 12.5. The van der Waals surface area contributed by atoms with Crippen LogP contribution in [0.4, 0.5) is 0 Å². The third-order valence-corrected chi connectivity index (χ3v) is 3.21. The molecule has 0 atom stereocenters. The topological polar surface area (TPSA) is 22.0 Å². The fraction of sp³-hybridized carbons (Fsp3) is 0.0625. The fourth-order valence-corrected chi connectivity index (χ4v) is 2.23. The first-order valence-electron chi connectivity index (χ1n) is 5.94. The van der Waals surface area contributed by atoms with Crippen molar-refractivity contribution in [1.29, 1.82) is 0 Å². The Kier molecular flexibility index (Phi) is 2.49. The first kappa shape index (κ1) is 10.8. The summed E-state index contributed by atoms with van der Waals surface area (Å²) in [7, 11) is 0. The van der Waals surface area contributed by atoms with E-state index in [1.807, 2.05) is 67.7 Å². The molecule has 2 aromatic carbocycles. The molecule has 0 aliphatic heterocycles. The van der Waals surface area contributed by atoms with Gasteiger partial charge in [-0.1, -0.05) is 42.5 Å². The summed E-state index contributed by atoms with van der Waals surface area (Å²) in [6, 6.07) is 17.7. The first-order valence-corrected chi connectivity index (χ1v) is 5.94. The second kappa shape index (κ2) is 4.15. The van der Waals surface area contributed by atoms with E-state index in [-0.39, 0.29) is 5.56 Å². The average molecular weight is 235 g/mol. The lowest BCUT2D eigenvalue weighted by Gasteiger charge is -2.09. The third kappa shape index (κ3) is 1.63. The standard InChI is InChI=1S/C16H13NO/c1-12-15-10-6-5-7-13(15)11-17(16(12)18)14-8-3-2-4-9-14/h2-11H,1H3. The van der Waals surface area contributed by atoms with Gasteiger partial charge in [0.2, 0.25) is 0 Å². The summed E-state index contributed by atoms with van der Waals surface area (Å²) in [5, 5.41) is 2.10. The van der Waals surface area contributed by atoms with Crippen LogP contribution in [0.15, 0.2) is 65.6 Å². The van der Waals surface area contributed by atoms with Gasteiger partial charge in [0.05, 0.1) is 0 Å². The molecule has 3 aromatic rings. The largest absolute Gasteiger partial charge is 0.283 e. The van der Waals surface area contributed by atoms with E-state index in [1.54, 1.807) is 4.57 Å². The van der Waals surface area contributed by atoms with Crippen molar-refractivity contribution in [3.05, 3.63) is 76.7 Å². The SMILES string of the molecule is Cc1c(=O)n(-c2ccccc2)cc2ccccc12. The van der Waals surface area contributed by atoms with E-state index in [9.17, 15) is 4.79 Å². The summed E-state index contributed by atoms with van der Waals surface area (Å²) < 4.78 is 1.71. The third-order valence-electron chi connectivity index (χ3n) is 3.21. The molecule has 2 nitrogen and oxygen atoms in total. The Morgan fingerprint density at radius 3 is 2.33 bits per heavy atom. The van der Waals surface area contributed by atoms with E-state index in [0.29, 0.717) is 0 Å². The molecule has 2 heteroatoms. The molecule has 0 aliphatic rings. The molecular weight excluding hydrogens is 222 g/mol. The van der Waals surface area contributed by atoms with Crippen LogP contribution in [0.3, 0.4) is 0 Å². The summed E-state index contributed by atoms with van der Waals surface area (Å²) >= 11 is 0. The second-order valence-electron chi connectivity index (χ2n) is 4.35. The molecule has 0 unspecified atom stereocenters. The number of para-hydroxylation sites is 1. The number of aryl methyl sites for hydroxylation is 1. The highest BCUT2D eigenvalue weighted by Gasteiger charge is 2.06. The van der Waals surface area contributed by atoms with Crippen LogP contribution in [0.5, 0.6) is 0 Å². The van der Waals surface area contributed by atoms with E-state index < -0.39 is 0 Å². The fourth-order valence-electron chi connectivity index (χ4n) is 2.23. The summed E-state index contributed by atoms with van der Waals surface area (Å²) in [6.45, 7) is 1.88. The highest BCUT2D eigenvalue weighted by Crippen LogP contribution is 2.16. The van der Waals surface area contributed by atoms with Crippen LogP contribution in [-0.4, -0.2) is 4.57 Å². The van der Waals surface area contributed by atoms with E-state index in [2.05, 4.69) is 0 Å². The zero-order valence-corrected chi connectivity index (χ0v) is 10.1. The van der Waals surface area contributed by atoms with Crippen LogP contribution in [-0.2, 0) is 0 Å². The lowest BCUT2D eigenvalue weighted by atomic mass is 10.1. The van der Waals surface area contributed by atoms with Crippen LogP contribution >= 0.6 is 0 Å². The van der Waals surface area contributed by atoms with E-state index in [4.69, 9.17) is 0 Å². The Balaban J connectivity index is 2.38. The Bertz CT molecular complexity index is 757. The van der Waals surface area contributed by atoms with Crippen LogP contribution in [0.2, 0.25) is 0 Å². The number of hydrogen-bond donors (Lipinski definition) is 0. The molecule has 0 saturated carbocycles. The van der Waals surface area contributed by atoms with Gasteiger partial charge in [-0.05, 0) is 29.8 Å².